The van der Waals surface area contributed by atoms with Crippen LogP contribution in [0.15, 0.2) is 12.1 Å². The standard InChI is InChI=1S/C39H50FN5O6S/c1-8-15-45(16-9-12-30(46)24-13-18-49-19-14-24)38-42-36(52-43-38)29-21-27-32(26-20-28(40)33-25(22(26)2)11-10-17-50-33)31(23(3)41-35(27)44(29)7)34(37(47)48)51-39(4,5)6/h20-21,24,34H,8-19H2,1-7H3,(H,47,48)/t34-/m0/s1. The SMILES string of the molecule is CCCN(CCCC(=O)C1CCOCC1)c1nsc(-c2cc3c(-c4cc(F)c5c(c4C)CCCO5)c([C@H](OC(C)(C)C)C(=O)O)c(C)nc3n2C)n1. The molecule has 0 bridgehead atoms. The van der Waals surface area contributed by atoms with E-state index >= 15 is 4.39 Å². The predicted octanol–water partition coefficient (Wildman–Crippen LogP) is 7.77. The van der Waals surface area contributed by atoms with E-state index in [4.69, 9.17) is 28.6 Å². The molecule has 6 rings (SSSR count). The maximum Gasteiger partial charge on any atom is 0.337 e. The molecule has 11 nitrogen and oxygen atoms in total. The first-order valence-corrected chi connectivity index (χ1v) is 19.1. The second-order valence-corrected chi connectivity index (χ2v) is 15.6. The molecule has 1 atom stereocenters. The number of ether oxygens (including phenoxy) is 3. The Morgan fingerprint density at radius 3 is 2.60 bits per heavy atom. The van der Waals surface area contributed by atoms with Crippen LogP contribution in [-0.4, -0.2) is 74.3 Å². The Bertz CT molecular complexity index is 1960. The lowest BCUT2D eigenvalue weighted by atomic mass is 9.86. The number of ketones is 1. The van der Waals surface area contributed by atoms with Gasteiger partial charge in [0.2, 0.25) is 5.95 Å². The first kappa shape index (κ1) is 37.8. The van der Waals surface area contributed by atoms with Gasteiger partial charge in [-0.1, -0.05) is 6.92 Å². The number of carbonyl (C=O) groups excluding carboxylic acids is 1. The fraction of sp³-hybridized carbons (Fsp3) is 0.564. The summed E-state index contributed by atoms with van der Waals surface area (Å²) in [5.74, 6) is -0.380. The molecule has 13 heteroatoms. The molecular weight excluding hydrogens is 686 g/mol. The molecule has 1 N–H and O–H groups in total. The molecule has 4 aromatic rings. The minimum absolute atomic E-state index is 0.0900. The largest absolute Gasteiger partial charge is 0.490 e. The van der Waals surface area contributed by atoms with Crippen molar-refractivity contribution in [1.29, 1.82) is 0 Å². The molecule has 0 aliphatic carbocycles. The third-order valence-corrected chi connectivity index (χ3v) is 10.7. The van der Waals surface area contributed by atoms with E-state index in [9.17, 15) is 14.7 Å². The van der Waals surface area contributed by atoms with Gasteiger partial charge in [0.1, 0.15) is 11.4 Å². The van der Waals surface area contributed by atoms with Gasteiger partial charge in [-0.25, -0.2) is 14.2 Å². The number of aryl methyl sites for hydroxylation is 2. The van der Waals surface area contributed by atoms with Gasteiger partial charge in [-0.3, -0.25) is 4.79 Å². The molecule has 5 heterocycles. The maximum atomic E-state index is 15.8. The van der Waals surface area contributed by atoms with E-state index in [0.29, 0.717) is 89.4 Å². The summed E-state index contributed by atoms with van der Waals surface area (Å²) in [6.07, 6.45) is 3.79. The van der Waals surface area contributed by atoms with Gasteiger partial charge < -0.3 is 28.8 Å². The summed E-state index contributed by atoms with van der Waals surface area (Å²) in [6.45, 7) is 14.4. The van der Waals surface area contributed by atoms with Crippen molar-refractivity contribution in [2.24, 2.45) is 13.0 Å². The van der Waals surface area contributed by atoms with Crippen LogP contribution in [-0.2, 0) is 32.5 Å². The molecule has 280 valence electrons. The number of rotatable bonds is 13. The molecule has 0 spiro atoms. The van der Waals surface area contributed by atoms with Gasteiger partial charge in [-0.05, 0) is 108 Å². The van der Waals surface area contributed by atoms with Crippen molar-refractivity contribution in [2.75, 3.05) is 37.8 Å². The van der Waals surface area contributed by atoms with Crippen LogP contribution in [0.5, 0.6) is 5.75 Å². The average molecular weight is 736 g/mol. The van der Waals surface area contributed by atoms with Crippen LogP contribution in [0.25, 0.3) is 32.9 Å². The van der Waals surface area contributed by atoms with E-state index in [0.717, 1.165) is 55.5 Å². The lowest BCUT2D eigenvalue weighted by Gasteiger charge is -2.29. The van der Waals surface area contributed by atoms with Gasteiger partial charge in [0.05, 0.1) is 17.9 Å². The number of hydrogen-bond donors (Lipinski definition) is 1. The lowest BCUT2D eigenvalue weighted by molar-refractivity contribution is -0.160. The highest BCUT2D eigenvalue weighted by atomic mass is 32.1. The number of carboxylic acid groups (broad SMARTS) is 1. The van der Waals surface area contributed by atoms with Crippen molar-refractivity contribution >= 4 is 40.3 Å². The zero-order valence-electron chi connectivity index (χ0n) is 31.3. The summed E-state index contributed by atoms with van der Waals surface area (Å²) >= 11 is 1.27. The molecule has 2 aliphatic rings. The first-order valence-electron chi connectivity index (χ1n) is 18.3. The molecule has 0 unspecified atom stereocenters. The van der Waals surface area contributed by atoms with Crippen LogP contribution in [0.1, 0.15) is 94.7 Å². The van der Waals surface area contributed by atoms with E-state index < -0.39 is 23.5 Å². The van der Waals surface area contributed by atoms with Crippen molar-refractivity contribution in [3.63, 3.8) is 0 Å². The Labute approximate surface area is 308 Å². The lowest BCUT2D eigenvalue weighted by Crippen LogP contribution is -2.28. The monoisotopic (exact) mass is 735 g/mol. The van der Waals surface area contributed by atoms with Crippen LogP contribution >= 0.6 is 11.5 Å². The molecule has 1 fully saturated rings. The second kappa shape index (κ2) is 15.6. The highest BCUT2D eigenvalue weighted by molar-refractivity contribution is 7.09. The molecule has 52 heavy (non-hydrogen) atoms. The zero-order valence-corrected chi connectivity index (χ0v) is 32.1. The number of aliphatic carboxylic acids is 1. The fourth-order valence-corrected chi connectivity index (χ4v) is 8.21. The van der Waals surface area contributed by atoms with Gasteiger partial charge in [-0.2, -0.15) is 9.36 Å². The Morgan fingerprint density at radius 1 is 1.15 bits per heavy atom. The summed E-state index contributed by atoms with van der Waals surface area (Å²) in [6, 6.07) is 3.41. The van der Waals surface area contributed by atoms with E-state index in [2.05, 4.69) is 11.8 Å². The number of fused-ring (bicyclic) bond motifs is 2. The zero-order chi connectivity index (χ0) is 37.3. The number of carboxylic acids is 1. The van der Waals surface area contributed by atoms with Crippen LogP contribution in [0.3, 0.4) is 0 Å². The third kappa shape index (κ3) is 7.72. The Hall–Kier alpha value is -3.94. The smallest absolute Gasteiger partial charge is 0.337 e. The van der Waals surface area contributed by atoms with Gasteiger partial charge in [0.25, 0.3) is 0 Å². The van der Waals surface area contributed by atoms with E-state index in [1.807, 2.05) is 45.4 Å². The molecule has 0 radical (unpaired) electrons. The van der Waals surface area contributed by atoms with Crippen LogP contribution in [0, 0.1) is 25.6 Å². The van der Waals surface area contributed by atoms with E-state index in [-0.39, 0.29) is 11.7 Å². The maximum absolute atomic E-state index is 15.8. The minimum Gasteiger partial charge on any atom is -0.490 e. The summed E-state index contributed by atoms with van der Waals surface area (Å²) in [5, 5.41) is 11.9. The summed E-state index contributed by atoms with van der Waals surface area (Å²) in [4.78, 5) is 37.9. The molecule has 1 aromatic carbocycles. The van der Waals surface area contributed by atoms with Crippen LogP contribution in [0.2, 0.25) is 0 Å². The minimum atomic E-state index is -1.36. The second-order valence-electron chi connectivity index (χ2n) is 14.9. The summed E-state index contributed by atoms with van der Waals surface area (Å²) in [7, 11) is 1.90. The van der Waals surface area contributed by atoms with Gasteiger partial charge in [0, 0.05) is 73.5 Å². The summed E-state index contributed by atoms with van der Waals surface area (Å²) in [5.41, 5.74) is 4.18. The number of anilines is 1. The van der Waals surface area contributed by atoms with Gasteiger partial charge in [0.15, 0.2) is 22.7 Å². The first-order chi connectivity index (χ1) is 24.8. The highest BCUT2D eigenvalue weighted by Gasteiger charge is 2.35. The quantitative estimate of drug-likeness (QED) is 0.145. The number of pyridine rings is 1. The number of carbonyl (C=O) groups is 2. The molecule has 0 amide bonds. The number of Topliss-reactive ketones (excluding diaryl/α,β-unsaturated/α-hetero) is 1. The van der Waals surface area contributed by atoms with Gasteiger partial charge >= 0.3 is 5.97 Å². The van der Waals surface area contributed by atoms with Gasteiger partial charge in [-0.15, -0.1) is 0 Å². The molecule has 3 aromatic heterocycles. The van der Waals surface area contributed by atoms with Crippen molar-refractivity contribution in [2.45, 2.75) is 98.2 Å². The Balaban J connectivity index is 1.43. The van der Waals surface area contributed by atoms with E-state index in [1.165, 1.54) is 17.6 Å². The Morgan fingerprint density at radius 2 is 1.90 bits per heavy atom. The average Bonchev–Trinajstić information content (AvgIpc) is 3.72. The van der Waals surface area contributed by atoms with Crippen molar-refractivity contribution in [3.8, 4) is 27.6 Å². The molecule has 0 saturated carbocycles. The normalized spacial score (nSPS) is 15.8. The molecular formula is C39H50FN5O6S. The predicted molar refractivity (Wildman–Crippen MR) is 200 cm³/mol. The number of nitrogens with zero attached hydrogens (tertiary/aromatic N) is 5. The van der Waals surface area contributed by atoms with Crippen LogP contribution < -0.4 is 9.64 Å². The number of benzene rings is 1. The number of aromatic nitrogens is 4. The van der Waals surface area contributed by atoms with E-state index in [1.54, 1.807) is 6.92 Å². The number of halogens is 1. The van der Waals surface area contributed by atoms with Crippen LogP contribution in [0.4, 0.5) is 10.3 Å². The van der Waals surface area contributed by atoms with Crippen molar-refractivity contribution < 1.29 is 33.3 Å². The highest BCUT2D eigenvalue weighted by Crippen LogP contribution is 2.45. The molecule has 2 aliphatic heterocycles. The fourth-order valence-electron chi connectivity index (χ4n) is 7.47. The molecule has 1 saturated heterocycles. The number of hydrogen-bond acceptors (Lipinski definition) is 10. The topological polar surface area (TPSA) is 129 Å². The summed E-state index contributed by atoms with van der Waals surface area (Å²) < 4.78 is 39.9. The Kier molecular flexibility index (Phi) is 11.3. The van der Waals surface area contributed by atoms with Crippen molar-refractivity contribution in [1.82, 2.24) is 18.9 Å². The van der Waals surface area contributed by atoms with Crippen molar-refractivity contribution in [3.05, 3.63) is 40.3 Å². The third-order valence-electron chi connectivity index (χ3n) is 10.0.